The van der Waals surface area contributed by atoms with E-state index in [4.69, 9.17) is 9.97 Å². The van der Waals surface area contributed by atoms with Crippen molar-refractivity contribution in [2.45, 2.75) is 104 Å². The molecule has 248 valence electrons. The molecule has 6 rings (SSSR count). The van der Waals surface area contributed by atoms with Crippen molar-refractivity contribution in [3.05, 3.63) is 107 Å². The number of thiophene rings is 2. The highest BCUT2D eigenvalue weighted by Crippen LogP contribution is 2.41. The monoisotopic (exact) mass is 670 g/mol. The lowest BCUT2D eigenvalue weighted by molar-refractivity contribution is 0.608. The molecule has 0 atom stereocenters. The van der Waals surface area contributed by atoms with Crippen molar-refractivity contribution in [3.8, 4) is 43.4 Å². The van der Waals surface area contributed by atoms with E-state index in [1.54, 1.807) is 0 Å². The van der Waals surface area contributed by atoms with Crippen LogP contribution in [0, 0.1) is 0 Å². The Kier molecular flexibility index (Phi) is 12.6. The van der Waals surface area contributed by atoms with Crippen LogP contribution in [0.1, 0.15) is 102 Å². The molecule has 6 aromatic rings. The molecule has 0 spiro atoms. The van der Waals surface area contributed by atoms with Gasteiger partial charge in [-0.1, -0.05) is 151 Å². The summed E-state index contributed by atoms with van der Waals surface area (Å²) in [6, 6.07) is 30.6. The van der Waals surface area contributed by atoms with E-state index < -0.39 is 0 Å². The van der Waals surface area contributed by atoms with Gasteiger partial charge in [-0.15, -0.1) is 22.7 Å². The fraction of sp³-hybridized carbons (Fsp3) is 0.364. The van der Waals surface area contributed by atoms with E-state index in [2.05, 4.69) is 110 Å². The standard InChI is InChI=1S/C44H50N2S2/c1-3-5-7-9-11-15-21-33-29-39(47-31-33)37-27-28-38(40-30-34(32-48-40)22-16-12-10-8-6-4-2)44-43(37)45-41(35-23-17-13-18-24-35)42(46-44)36-25-19-14-20-26-36/h13-14,17-20,23-32H,3-12,15-16,21-22H2,1-2H3. The first kappa shape index (κ1) is 34.3. The number of fused-ring (bicyclic) bond motifs is 1. The molecular formula is C44H50N2S2. The number of rotatable bonds is 18. The minimum Gasteiger partial charge on any atom is -0.243 e. The highest BCUT2D eigenvalue weighted by atomic mass is 32.1. The zero-order chi connectivity index (χ0) is 33.0. The lowest BCUT2D eigenvalue weighted by Crippen LogP contribution is -1.98. The third-order valence-electron chi connectivity index (χ3n) is 9.39. The van der Waals surface area contributed by atoms with E-state index in [1.807, 2.05) is 22.7 Å². The predicted octanol–water partition coefficient (Wildman–Crippen LogP) is 14.2. The SMILES string of the molecule is CCCCCCCCc1csc(-c2ccc(-c3cc(CCCCCCCC)cs3)c3nc(-c4ccccc4)c(-c4ccccc4)nc23)c1. The Morgan fingerprint density at radius 1 is 0.458 bits per heavy atom. The summed E-state index contributed by atoms with van der Waals surface area (Å²) in [5, 5.41) is 4.72. The van der Waals surface area contributed by atoms with E-state index in [9.17, 15) is 0 Å². The number of hydrogen-bond acceptors (Lipinski definition) is 4. The molecule has 0 amide bonds. The van der Waals surface area contributed by atoms with E-state index in [0.29, 0.717) is 0 Å². The van der Waals surface area contributed by atoms with E-state index in [0.717, 1.165) is 46.4 Å². The molecule has 0 N–H and O–H groups in total. The first-order chi connectivity index (χ1) is 23.7. The fourth-order valence-corrected chi connectivity index (χ4v) is 8.59. The molecule has 3 heterocycles. The molecular weight excluding hydrogens is 621 g/mol. The Balaban J connectivity index is 1.38. The average molecular weight is 671 g/mol. The quantitative estimate of drug-likeness (QED) is 0.0851. The Bertz CT molecular complexity index is 1720. The van der Waals surface area contributed by atoms with Gasteiger partial charge in [-0.05, 0) is 59.7 Å². The second-order valence-electron chi connectivity index (χ2n) is 13.2. The molecule has 0 aliphatic heterocycles. The molecule has 0 bridgehead atoms. The number of aryl methyl sites for hydroxylation is 2. The summed E-state index contributed by atoms with van der Waals surface area (Å²) in [7, 11) is 0. The van der Waals surface area contributed by atoms with Crippen LogP contribution in [0.15, 0.2) is 95.7 Å². The van der Waals surface area contributed by atoms with Gasteiger partial charge in [0.15, 0.2) is 0 Å². The summed E-state index contributed by atoms with van der Waals surface area (Å²) in [6.45, 7) is 4.57. The second kappa shape index (κ2) is 17.7. The van der Waals surface area contributed by atoms with Crippen molar-refractivity contribution in [2.24, 2.45) is 0 Å². The Morgan fingerprint density at radius 3 is 1.27 bits per heavy atom. The zero-order valence-corrected chi connectivity index (χ0v) is 30.5. The summed E-state index contributed by atoms with van der Waals surface area (Å²) in [5.74, 6) is 0. The molecule has 48 heavy (non-hydrogen) atoms. The van der Waals surface area contributed by atoms with Crippen LogP contribution in [0.4, 0.5) is 0 Å². The van der Waals surface area contributed by atoms with Crippen LogP contribution in [0.3, 0.4) is 0 Å². The third-order valence-corrected chi connectivity index (χ3v) is 11.4. The first-order valence-electron chi connectivity index (χ1n) is 18.4. The van der Waals surface area contributed by atoms with Crippen LogP contribution in [0.5, 0.6) is 0 Å². The molecule has 2 nitrogen and oxygen atoms in total. The van der Waals surface area contributed by atoms with Crippen LogP contribution in [0.25, 0.3) is 54.4 Å². The maximum absolute atomic E-state index is 5.54. The minimum atomic E-state index is 0.937. The van der Waals surface area contributed by atoms with Crippen molar-refractivity contribution in [1.29, 1.82) is 0 Å². The molecule has 0 saturated carbocycles. The predicted molar refractivity (Wildman–Crippen MR) is 211 cm³/mol. The summed E-state index contributed by atoms with van der Waals surface area (Å²) in [4.78, 5) is 13.6. The van der Waals surface area contributed by atoms with Crippen molar-refractivity contribution < 1.29 is 0 Å². The molecule has 0 radical (unpaired) electrons. The van der Waals surface area contributed by atoms with Gasteiger partial charge in [-0.3, -0.25) is 0 Å². The van der Waals surface area contributed by atoms with Gasteiger partial charge in [0.2, 0.25) is 0 Å². The van der Waals surface area contributed by atoms with Crippen LogP contribution in [0.2, 0.25) is 0 Å². The first-order valence-corrected chi connectivity index (χ1v) is 20.1. The smallest absolute Gasteiger partial charge is 0.0988 e. The highest BCUT2D eigenvalue weighted by molar-refractivity contribution is 7.14. The average Bonchev–Trinajstić information content (AvgIpc) is 3.81. The molecule has 0 fully saturated rings. The minimum absolute atomic E-state index is 0.937. The molecule has 4 heteroatoms. The lowest BCUT2D eigenvalue weighted by Gasteiger charge is -2.15. The molecule has 0 aliphatic carbocycles. The van der Waals surface area contributed by atoms with Gasteiger partial charge in [0.25, 0.3) is 0 Å². The van der Waals surface area contributed by atoms with Gasteiger partial charge in [-0.2, -0.15) is 0 Å². The molecule has 0 unspecified atom stereocenters. The van der Waals surface area contributed by atoms with Gasteiger partial charge in [0, 0.05) is 32.0 Å². The van der Waals surface area contributed by atoms with Crippen LogP contribution in [-0.4, -0.2) is 9.97 Å². The number of hydrogen-bond donors (Lipinski definition) is 0. The summed E-state index contributed by atoms with van der Waals surface area (Å²) in [6.07, 6.45) is 18.2. The molecule has 0 saturated heterocycles. The zero-order valence-electron chi connectivity index (χ0n) is 28.8. The van der Waals surface area contributed by atoms with Gasteiger partial charge in [-0.25, -0.2) is 9.97 Å². The van der Waals surface area contributed by atoms with Gasteiger partial charge in [0.1, 0.15) is 0 Å². The second-order valence-corrected chi connectivity index (χ2v) is 15.0. The van der Waals surface area contributed by atoms with Crippen molar-refractivity contribution in [3.63, 3.8) is 0 Å². The summed E-state index contributed by atoms with van der Waals surface area (Å²) < 4.78 is 0. The normalized spacial score (nSPS) is 11.5. The Labute approximate surface area is 296 Å². The third kappa shape index (κ3) is 8.70. The van der Waals surface area contributed by atoms with Crippen molar-refractivity contribution in [2.75, 3.05) is 0 Å². The van der Waals surface area contributed by atoms with Gasteiger partial charge < -0.3 is 0 Å². The number of benzene rings is 3. The number of unbranched alkanes of at least 4 members (excludes halogenated alkanes) is 10. The van der Waals surface area contributed by atoms with E-state index in [1.165, 1.54) is 109 Å². The maximum Gasteiger partial charge on any atom is 0.0988 e. The Morgan fingerprint density at radius 2 is 0.854 bits per heavy atom. The summed E-state index contributed by atoms with van der Waals surface area (Å²) in [5.41, 5.74) is 11.3. The molecule has 3 aromatic heterocycles. The van der Waals surface area contributed by atoms with Crippen LogP contribution < -0.4 is 0 Å². The molecule has 3 aromatic carbocycles. The maximum atomic E-state index is 5.54. The number of aromatic nitrogens is 2. The summed E-state index contributed by atoms with van der Waals surface area (Å²) >= 11 is 3.70. The van der Waals surface area contributed by atoms with E-state index in [-0.39, 0.29) is 0 Å². The van der Waals surface area contributed by atoms with E-state index >= 15 is 0 Å². The fourth-order valence-electron chi connectivity index (χ4n) is 6.64. The topological polar surface area (TPSA) is 25.8 Å². The van der Waals surface area contributed by atoms with Gasteiger partial charge in [0.05, 0.1) is 22.4 Å². The van der Waals surface area contributed by atoms with Crippen LogP contribution in [-0.2, 0) is 12.8 Å². The van der Waals surface area contributed by atoms with Crippen LogP contribution >= 0.6 is 22.7 Å². The Hall–Kier alpha value is -3.60. The molecule has 0 aliphatic rings. The van der Waals surface area contributed by atoms with Gasteiger partial charge >= 0.3 is 0 Å². The van der Waals surface area contributed by atoms with Crippen molar-refractivity contribution in [1.82, 2.24) is 9.97 Å². The largest absolute Gasteiger partial charge is 0.243 e. The lowest BCUT2D eigenvalue weighted by atomic mass is 10.00. The van der Waals surface area contributed by atoms with Crippen molar-refractivity contribution >= 4 is 33.7 Å². The number of nitrogens with zero attached hydrogens (tertiary/aromatic N) is 2. The highest BCUT2D eigenvalue weighted by Gasteiger charge is 2.20.